The van der Waals surface area contributed by atoms with Crippen molar-refractivity contribution in [1.82, 2.24) is 10.6 Å². The summed E-state index contributed by atoms with van der Waals surface area (Å²) in [5.41, 5.74) is 1.04. The molecule has 1 aromatic rings. The second-order valence-electron chi connectivity index (χ2n) is 4.92. The summed E-state index contributed by atoms with van der Waals surface area (Å²) in [6.07, 6.45) is 1.84. The van der Waals surface area contributed by atoms with E-state index in [4.69, 9.17) is 11.6 Å². The van der Waals surface area contributed by atoms with Crippen LogP contribution in [0.2, 0.25) is 5.02 Å². The number of carbonyl (C=O) groups excluding carboxylic acids is 1. The van der Waals surface area contributed by atoms with Gasteiger partial charge in [0.25, 0.3) is 0 Å². The first-order valence-electron chi connectivity index (χ1n) is 6.40. The molecular weight excluding hydrogens is 248 g/mol. The molecule has 4 heteroatoms. The summed E-state index contributed by atoms with van der Waals surface area (Å²) in [5, 5.41) is 7.05. The molecule has 0 unspecified atom stereocenters. The molecule has 1 fully saturated rings. The van der Waals surface area contributed by atoms with Gasteiger partial charge in [0.05, 0.1) is 0 Å². The Balaban J connectivity index is 1.84. The van der Waals surface area contributed by atoms with Crippen molar-refractivity contribution in [2.45, 2.75) is 32.4 Å². The molecule has 98 valence electrons. The Morgan fingerprint density at radius 3 is 3.11 bits per heavy atom. The minimum Gasteiger partial charge on any atom is -0.352 e. The minimum absolute atomic E-state index is 0.139. The van der Waals surface area contributed by atoms with E-state index in [1.807, 2.05) is 24.3 Å². The van der Waals surface area contributed by atoms with Gasteiger partial charge in [0.1, 0.15) is 0 Å². The molecule has 0 spiro atoms. The lowest BCUT2D eigenvalue weighted by Gasteiger charge is -2.27. The number of hydrogen-bond donors (Lipinski definition) is 2. The molecule has 18 heavy (non-hydrogen) atoms. The standard InChI is InChI=1S/C14H19ClN2O/c1-10-7-12(5-6-16-10)14(18)17-9-11-3-2-4-13(15)8-11/h2-4,8,10,12,16H,5-7,9H2,1H3,(H,17,18)/t10-,12-/m0/s1. The van der Waals surface area contributed by atoms with Crippen molar-refractivity contribution in [2.24, 2.45) is 5.92 Å². The van der Waals surface area contributed by atoms with Gasteiger partial charge in [0.2, 0.25) is 5.91 Å². The molecular formula is C14H19ClN2O. The summed E-state index contributed by atoms with van der Waals surface area (Å²) >= 11 is 5.91. The largest absolute Gasteiger partial charge is 0.352 e. The Kier molecular flexibility index (Phi) is 4.61. The molecule has 0 aliphatic carbocycles. The number of amides is 1. The van der Waals surface area contributed by atoms with Crippen molar-refractivity contribution in [2.75, 3.05) is 6.54 Å². The summed E-state index contributed by atoms with van der Waals surface area (Å²) < 4.78 is 0. The Labute approximate surface area is 113 Å². The highest BCUT2D eigenvalue weighted by Crippen LogP contribution is 2.16. The predicted molar refractivity (Wildman–Crippen MR) is 73.5 cm³/mol. The van der Waals surface area contributed by atoms with Crippen molar-refractivity contribution >= 4 is 17.5 Å². The third-order valence-electron chi connectivity index (χ3n) is 3.35. The monoisotopic (exact) mass is 266 g/mol. The van der Waals surface area contributed by atoms with Crippen LogP contribution in [0.1, 0.15) is 25.3 Å². The number of piperidine rings is 1. The van der Waals surface area contributed by atoms with Crippen molar-refractivity contribution in [3.8, 4) is 0 Å². The van der Waals surface area contributed by atoms with Crippen molar-refractivity contribution in [3.63, 3.8) is 0 Å². The summed E-state index contributed by atoms with van der Waals surface area (Å²) in [6.45, 7) is 3.60. The van der Waals surface area contributed by atoms with E-state index in [9.17, 15) is 4.79 Å². The van der Waals surface area contributed by atoms with E-state index < -0.39 is 0 Å². The zero-order chi connectivity index (χ0) is 13.0. The second-order valence-corrected chi connectivity index (χ2v) is 5.36. The number of halogens is 1. The lowest BCUT2D eigenvalue weighted by Crippen LogP contribution is -2.42. The molecule has 1 heterocycles. The number of nitrogens with one attached hydrogen (secondary N) is 2. The number of carbonyl (C=O) groups is 1. The first kappa shape index (κ1) is 13.4. The molecule has 0 saturated carbocycles. The normalized spacial score (nSPS) is 23.7. The quantitative estimate of drug-likeness (QED) is 0.882. The first-order valence-corrected chi connectivity index (χ1v) is 6.78. The molecule has 1 saturated heterocycles. The fourth-order valence-electron chi connectivity index (χ4n) is 2.35. The smallest absolute Gasteiger partial charge is 0.223 e. The van der Waals surface area contributed by atoms with Crippen LogP contribution in [0.4, 0.5) is 0 Å². The van der Waals surface area contributed by atoms with E-state index in [1.165, 1.54) is 0 Å². The molecule has 0 radical (unpaired) electrons. The van der Waals surface area contributed by atoms with Crippen LogP contribution >= 0.6 is 11.6 Å². The molecule has 1 aromatic carbocycles. The molecule has 2 rings (SSSR count). The molecule has 1 aliphatic rings. The molecule has 2 atom stereocenters. The summed E-state index contributed by atoms with van der Waals surface area (Å²) in [5.74, 6) is 0.295. The summed E-state index contributed by atoms with van der Waals surface area (Å²) in [7, 11) is 0. The Morgan fingerprint density at radius 2 is 2.39 bits per heavy atom. The topological polar surface area (TPSA) is 41.1 Å². The molecule has 0 bridgehead atoms. The van der Waals surface area contributed by atoms with Crippen LogP contribution in [0.3, 0.4) is 0 Å². The SMILES string of the molecule is C[C@H]1C[C@@H](C(=O)NCc2cccc(Cl)c2)CCN1. The fraction of sp³-hybridized carbons (Fsp3) is 0.500. The highest BCUT2D eigenvalue weighted by Gasteiger charge is 2.24. The maximum atomic E-state index is 12.0. The van der Waals surface area contributed by atoms with Gasteiger partial charge < -0.3 is 10.6 Å². The molecule has 3 nitrogen and oxygen atoms in total. The maximum absolute atomic E-state index is 12.0. The summed E-state index contributed by atoms with van der Waals surface area (Å²) in [6, 6.07) is 8.02. The van der Waals surface area contributed by atoms with Gasteiger partial charge in [-0.05, 0) is 44.0 Å². The lowest BCUT2D eigenvalue weighted by molar-refractivity contribution is -0.126. The third kappa shape index (κ3) is 3.72. The van der Waals surface area contributed by atoms with Crippen LogP contribution in [-0.2, 0) is 11.3 Å². The predicted octanol–water partition coefficient (Wildman–Crippen LogP) is 2.34. The maximum Gasteiger partial charge on any atom is 0.223 e. The molecule has 2 N–H and O–H groups in total. The molecule has 1 amide bonds. The highest BCUT2D eigenvalue weighted by molar-refractivity contribution is 6.30. The van der Waals surface area contributed by atoms with Gasteiger partial charge in [-0.3, -0.25) is 4.79 Å². The average Bonchev–Trinajstić information content (AvgIpc) is 2.36. The van der Waals surface area contributed by atoms with Crippen LogP contribution in [0, 0.1) is 5.92 Å². The highest BCUT2D eigenvalue weighted by atomic mass is 35.5. The van der Waals surface area contributed by atoms with E-state index in [2.05, 4.69) is 17.6 Å². The van der Waals surface area contributed by atoms with Crippen LogP contribution < -0.4 is 10.6 Å². The molecule has 0 aromatic heterocycles. The number of hydrogen-bond acceptors (Lipinski definition) is 2. The Hall–Kier alpha value is -1.06. The Bertz CT molecular complexity index is 422. The van der Waals surface area contributed by atoms with Crippen LogP contribution in [-0.4, -0.2) is 18.5 Å². The minimum atomic E-state index is 0.139. The van der Waals surface area contributed by atoms with Crippen molar-refractivity contribution < 1.29 is 4.79 Å². The van der Waals surface area contributed by atoms with Gasteiger partial charge in [0, 0.05) is 23.5 Å². The van der Waals surface area contributed by atoms with E-state index in [-0.39, 0.29) is 11.8 Å². The van der Waals surface area contributed by atoms with E-state index in [0.717, 1.165) is 24.9 Å². The van der Waals surface area contributed by atoms with Gasteiger partial charge in [-0.1, -0.05) is 23.7 Å². The zero-order valence-corrected chi connectivity index (χ0v) is 11.3. The van der Waals surface area contributed by atoms with Crippen LogP contribution in [0.5, 0.6) is 0 Å². The van der Waals surface area contributed by atoms with Crippen LogP contribution in [0.15, 0.2) is 24.3 Å². The van der Waals surface area contributed by atoms with Gasteiger partial charge >= 0.3 is 0 Å². The van der Waals surface area contributed by atoms with Gasteiger partial charge in [-0.15, -0.1) is 0 Å². The first-order chi connectivity index (χ1) is 8.65. The summed E-state index contributed by atoms with van der Waals surface area (Å²) in [4.78, 5) is 12.0. The number of benzene rings is 1. The van der Waals surface area contributed by atoms with Gasteiger partial charge in [-0.2, -0.15) is 0 Å². The van der Waals surface area contributed by atoms with E-state index >= 15 is 0 Å². The van der Waals surface area contributed by atoms with Crippen LogP contribution in [0.25, 0.3) is 0 Å². The lowest BCUT2D eigenvalue weighted by atomic mass is 9.92. The second kappa shape index (κ2) is 6.21. The van der Waals surface area contributed by atoms with E-state index in [1.54, 1.807) is 0 Å². The van der Waals surface area contributed by atoms with Crippen molar-refractivity contribution in [3.05, 3.63) is 34.9 Å². The fourth-order valence-corrected chi connectivity index (χ4v) is 2.56. The van der Waals surface area contributed by atoms with Gasteiger partial charge in [-0.25, -0.2) is 0 Å². The third-order valence-corrected chi connectivity index (χ3v) is 3.59. The van der Waals surface area contributed by atoms with E-state index in [0.29, 0.717) is 17.6 Å². The van der Waals surface area contributed by atoms with Crippen molar-refractivity contribution in [1.29, 1.82) is 0 Å². The average molecular weight is 267 g/mol. The number of rotatable bonds is 3. The van der Waals surface area contributed by atoms with Gasteiger partial charge in [0.15, 0.2) is 0 Å². The zero-order valence-electron chi connectivity index (χ0n) is 10.6. The Morgan fingerprint density at radius 1 is 1.56 bits per heavy atom. The molecule has 1 aliphatic heterocycles.